The number of methoxy groups -OCH3 is 2. The van der Waals surface area contributed by atoms with E-state index in [-0.39, 0.29) is 17.9 Å². The minimum Gasteiger partial charge on any atom is -0.496 e. The molecule has 31 heavy (non-hydrogen) atoms. The van der Waals surface area contributed by atoms with Crippen LogP contribution in [-0.2, 0) is 4.79 Å². The normalized spacial score (nSPS) is 19.0. The Balaban J connectivity index is 1.86. The maximum absolute atomic E-state index is 13.3. The second kappa shape index (κ2) is 9.12. The number of benzene rings is 1. The second-order valence-corrected chi connectivity index (χ2v) is 8.57. The Kier molecular flexibility index (Phi) is 6.30. The van der Waals surface area contributed by atoms with Gasteiger partial charge in [-0.05, 0) is 44.2 Å². The van der Waals surface area contributed by atoms with Crippen LogP contribution in [0.15, 0.2) is 24.4 Å². The Morgan fingerprint density at radius 1 is 1.06 bits per heavy atom. The number of carbonyl (C=O) groups is 1. The van der Waals surface area contributed by atoms with Gasteiger partial charge in [0.15, 0.2) is 0 Å². The van der Waals surface area contributed by atoms with E-state index in [1.165, 1.54) is 0 Å². The number of ether oxygens (including phenoxy) is 2. The molecule has 7 heteroatoms. The standard InChI is InChI=1S/C24H32N4O3/c1-27(2)24-25-15-17(21-19(30-3)12-8-13-20(21)31-4)22(26-24)18-11-5-6-14-28(18)23(29)16-9-7-10-16/h8,12-13,15-16,18H,5-7,9-11,14H2,1-4H3/t18-/m1/s1. The fraction of sp³-hybridized carbons (Fsp3) is 0.542. The Hall–Kier alpha value is -2.83. The lowest BCUT2D eigenvalue weighted by molar-refractivity contribution is -0.142. The molecule has 1 amide bonds. The van der Waals surface area contributed by atoms with Crippen molar-refractivity contribution in [2.45, 2.75) is 44.6 Å². The molecule has 7 nitrogen and oxygen atoms in total. The predicted molar refractivity (Wildman–Crippen MR) is 121 cm³/mol. The smallest absolute Gasteiger partial charge is 0.226 e. The van der Waals surface area contributed by atoms with Gasteiger partial charge < -0.3 is 19.3 Å². The molecule has 1 saturated heterocycles. The molecule has 0 bridgehead atoms. The molecule has 1 aliphatic heterocycles. The van der Waals surface area contributed by atoms with E-state index < -0.39 is 0 Å². The first-order chi connectivity index (χ1) is 15.0. The third-order valence-corrected chi connectivity index (χ3v) is 6.46. The van der Waals surface area contributed by atoms with Crippen molar-refractivity contribution in [3.05, 3.63) is 30.1 Å². The molecule has 0 spiro atoms. The summed E-state index contributed by atoms with van der Waals surface area (Å²) in [5.74, 6) is 2.48. The zero-order chi connectivity index (χ0) is 22.0. The molecular weight excluding hydrogens is 392 g/mol. The molecular formula is C24H32N4O3. The van der Waals surface area contributed by atoms with Gasteiger partial charge in [0.25, 0.3) is 0 Å². The van der Waals surface area contributed by atoms with Gasteiger partial charge in [-0.15, -0.1) is 0 Å². The SMILES string of the molecule is COc1cccc(OC)c1-c1cnc(N(C)C)nc1[C@H]1CCCCN1C(=O)C1CCC1. The van der Waals surface area contributed by atoms with Gasteiger partial charge in [-0.2, -0.15) is 0 Å². The summed E-state index contributed by atoms with van der Waals surface area (Å²) in [6.07, 6.45) is 8.00. The monoisotopic (exact) mass is 424 g/mol. The Labute approximate surface area is 184 Å². The van der Waals surface area contributed by atoms with Gasteiger partial charge in [0.05, 0.1) is 31.5 Å². The number of rotatable bonds is 6. The lowest BCUT2D eigenvalue weighted by Crippen LogP contribution is -2.44. The van der Waals surface area contributed by atoms with Crippen LogP contribution in [0.3, 0.4) is 0 Å². The Morgan fingerprint density at radius 2 is 1.77 bits per heavy atom. The van der Waals surface area contributed by atoms with E-state index in [9.17, 15) is 4.79 Å². The molecule has 1 aliphatic carbocycles. The van der Waals surface area contributed by atoms with Crippen LogP contribution in [0.2, 0.25) is 0 Å². The summed E-state index contributed by atoms with van der Waals surface area (Å²) < 4.78 is 11.3. The van der Waals surface area contributed by atoms with Gasteiger partial charge >= 0.3 is 0 Å². The van der Waals surface area contributed by atoms with Crippen molar-refractivity contribution in [1.82, 2.24) is 14.9 Å². The number of likely N-dealkylation sites (tertiary alicyclic amines) is 1. The number of carbonyl (C=O) groups excluding carboxylic acids is 1. The van der Waals surface area contributed by atoms with E-state index >= 15 is 0 Å². The lowest BCUT2D eigenvalue weighted by atomic mass is 9.83. The minimum absolute atomic E-state index is 0.0758. The molecule has 1 saturated carbocycles. The van der Waals surface area contributed by atoms with Crippen LogP contribution in [0.1, 0.15) is 50.3 Å². The van der Waals surface area contributed by atoms with E-state index in [4.69, 9.17) is 14.5 Å². The van der Waals surface area contributed by atoms with Crippen LogP contribution in [0, 0.1) is 5.92 Å². The quantitative estimate of drug-likeness (QED) is 0.696. The predicted octanol–water partition coefficient (Wildman–Crippen LogP) is 4.08. The van der Waals surface area contributed by atoms with E-state index in [1.807, 2.05) is 43.4 Å². The number of hydrogen-bond acceptors (Lipinski definition) is 6. The average molecular weight is 425 g/mol. The Morgan fingerprint density at radius 3 is 2.35 bits per heavy atom. The van der Waals surface area contributed by atoms with Crippen molar-refractivity contribution >= 4 is 11.9 Å². The summed E-state index contributed by atoms with van der Waals surface area (Å²) in [7, 11) is 7.17. The van der Waals surface area contributed by atoms with Crippen LogP contribution in [0.4, 0.5) is 5.95 Å². The summed E-state index contributed by atoms with van der Waals surface area (Å²) in [6, 6.07) is 5.66. The highest BCUT2D eigenvalue weighted by molar-refractivity contribution is 5.82. The van der Waals surface area contributed by atoms with E-state index in [0.717, 1.165) is 61.9 Å². The highest BCUT2D eigenvalue weighted by Crippen LogP contribution is 2.44. The largest absolute Gasteiger partial charge is 0.496 e. The number of hydrogen-bond donors (Lipinski definition) is 0. The van der Waals surface area contributed by atoms with E-state index in [0.29, 0.717) is 17.4 Å². The molecule has 0 radical (unpaired) electrons. The van der Waals surface area contributed by atoms with E-state index in [2.05, 4.69) is 9.88 Å². The zero-order valence-electron chi connectivity index (χ0n) is 18.9. The van der Waals surface area contributed by atoms with Crippen molar-refractivity contribution in [2.24, 2.45) is 5.92 Å². The first-order valence-electron chi connectivity index (χ1n) is 11.1. The number of aromatic nitrogens is 2. The molecule has 1 aromatic heterocycles. The van der Waals surface area contributed by atoms with Crippen molar-refractivity contribution in [3.63, 3.8) is 0 Å². The fourth-order valence-electron chi connectivity index (χ4n) is 4.53. The van der Waals surface area contributed by atoms with Gasteiger partial charge in [0.2, 0.25) is 11.9 Å². The van der Waals surface area contributed by atoms with Crippen molar-refractivity contribution < 1.29 is 14.3 Å². The van der Waals surface area contributed by atoms with Crippen LogP contribution < -0.4 is 14.4 Å². The second-order valence-electron chi connectivity index (χ2n) is 8.57. The number of piperidine rings is 1. The van der Waals surface area contributed by atoms with Gasteiger partial charge in [-0.3, -0.25) is 4.79 Å². The van der Waals surface area contributed by atoms with Crippen molar-refractivity contribution in [2.75, 3.05) is 39.8 Å². The number of anilines is 1. The summed E-state index contributed by atoms with van der Waals surface area (Å²) in [5, 5.41) is 0. The third kappa shape index (κ3) is 4.05. The molecule has 166 valence electrons. The maximum atomic E-state index is 13.3. The molecule has 4 rings (SSSR count). The molecule has 2 aliphatic rings. The lowest BCUT2D eigenvalue weighted by Gasteiger charge is -2.40. The molecule has 2 aromatic rings. The highest BCUT2D eigenvalue weighted by atomic mass is 16.5. The van der Waals surface area contributed by atoms with Gasteiger partial charge in [0, 0.05) is 38.3 Å². The molecule has 1 atom stereocenters. The number of amides is 1. The van der Waals surface area contributed by atoms with Crippen LogP contribution in [-0.4, -0.2) is 55.6 Å². The van der Waals surface area contributed by atoms with Crippen LogP contribution in [0.5, 0.6) is 11.5 Å². The molecule has 2 heterocycles. The first kappa shape index (κ1) is 21.4. The average Bonchev–Trinajstić information content (AvgIpc) is 2.76. The maximum Gasteiger partial charge on any atom is 0.226 e. The molecule has 0 N–H and O–H groups in total. The molecule has 2 fully saturated rings. The van der Waals surface area contributed by atoms with Crippen molar-refractivity contribution in [3.8, 4) is 22.6 Å². The number of nitrogens with zero attached hydrogens (tertiary/aromatic N) is 4. The first-order valence-corrected chi connectivity index (χ1v) is 11.1. The summed E-state index contributed by atoms with van der Waals surface area (Å²) in [6.45, 7) is 0.782. The van der Waals surface area contributed by atoms with Crippen LogP contribution >= 0.6 is 0 Å². The zero-order valence-corrected chi connectivity index (χ0v) is 18.9. The van der Waals surface area contributed by atoms with Crippen LogP contribution in [0.25, 0.3) is 11.1 Å². The summed E-state index contributed by atoms with van der Waals surface area (Å²) >= 11 is 0. The topological polar surface area (TPSA) is 67.8 Å². The highest BCUT2D eigenvalue weighted by Gasteiger charge is 2.37. The fourth-order valence-corrected chi connectivity index (χ4v) is 4.53. The molecule has 0 unspecified atom stereocenters. The van der Waals surface area contributed by atoms with E-state index in [1.54, 1.807) is 14.2 Å². The van der Waals surface area contributed by atoms with Gasteiger partial charge in [-0.25, -0.2) is 9.97 Å². The minimum atomic E-state index is -0.0758. The van der Waals surface area contributed by atoms with Gasteiger partial charge in [0.1, 0.15) is 11.5 Å². The van der Waals surface area contributed by atoms with Crippen molar-refractivity contribution in [1.29, 1.82) is 0 Å². The third-order valence-electron chi connectivity index (χ3n) is 6.46. The summed E-state index contributed by atoms with van der Waals surface area (Å²) in [5.41, 5.74) is 2.56. The molecule has 1 aromatic carbocycles. The summed E-state index contributed by atoms with van der Waals surface area (Å²) in [4.78, 5) is 26.8. The Bertz CT molecular complexity index is 920. The van der Waals surface area contributed by atoms with Gasteiger partial charge in [-0.1, -0.05) is 12.5 Å².